The molecule has 2 aromatic rings. The summed E-state index contributed by atoms with van der Waals surface area (Å²) in [5.74, 6) is 0. The third kappa shape index (κ3) is 2.42. The van der Waals surface area contributed by atoms with Gasteiger partial charge in [0.2, 0.25) is 0 Å². The highest BCUT2D eigenvalue weighted by Gasteiger charge is 2.01. The van der Waals surface area contributed by atoms with Crippen LogP contribution in [0.15, 0.2) is 54.6 Å². The second kappa shape index (κ2) is 4.54. The molecule has 2 rings (SSSR count). The van der Waals surface area contributed by atoms with Crippen LogP contribution in [0.1, 0.15) is 17.7 Å². The Balaban J connectivity index is 2.42. The molecule has 0 bridgehead atoms. The Morgan fingerprint density at radius 1 is 0.867 bits per heavy atom. The van der Waals surface area contributed by atoms with Crippen LogP contribution < -0.4 is 0 Å². The average Bonchev–Trinajstić information content (AvgIpc) is 2.30. The van der Waals surface area contributed by atoms with Crippen LogP contribution in [0.4, 0.5) is 0 Å². The maximum Gasteiger partial charge on any atom is 0.0239 e. The molecule has 0 fully saturated rings. The SMILES string of the molecule is CC(S)c1cccc(-c2ccccc2)c1. The van der Waals surface area contributed by atoms with Gasteiger partial charge in [-0.2, -0.15) is 12.6 Å². The van der Waals surface area contributed by atoms with E-state index in [0.29, 0.717) is 0 Å². The molecule has 0 aliphatic rings. The summed E-state index contributed by atoms with van der Waals surface area (Å²) in [6.45, 7) is 2.09. The minimum Gasteiger partial charge on any atom is -0.171 e. The number of thiol groups is 1. The van der Waals surface area contributed by atoms with Crippen molar-refractivity contribution < 1.29 is 0 Å². The molecule has 0 heterocycles. The minimum atomic E-state index is 0.286. The molecule has 1 unspecified atom stereocenters. The molecule has 0 N–H and O–H groups in total. The first-order chi connectivity index (χ1) is 7.27. The lowest BCUT2D eigenvalue weighted by Gasteiger charge is -2.07. The predicted octanol–water partition coefficient (Wildman–Crippen LogP) is 4.34. The lowest BCUT2D eigenvalue weighted by molar-refractivity contribution is 1.11. The molecular formula is C14H14S. The predicted molar refractivity (Wildman–Crippen MR) is 69.3 cm³/mol. The van der Waals surface area contributed by atoms with E-state index in [2.05, 4.69) is 68.1 Å². The van der Waals surface area contributed by atoms with E-state index in [1.54, 1.807) is 0 Å². The molecule has 0 saturated heterocycles. The Labute approximate surface area is 96.4 Å². The van der Waals surface area contributed by atoms with E-state index in [4.69, 9.17) is 0 Å². The van der Waals surface area contributed by atoms with E-state index in [-0.39, 0.29) is 5.25 Å². The number of hydrogen-bond acceptors (Lipinski definition) is 1. The van der Waals surface area contributed by atoms with Gasteiger partial charge < -0.3 is 0 Å². The summed E-state index contributed by atoms with van der Waals surface area (Å²) < 4.78 is 0. The van der Waals surface area contributed by atoms with Gasteiger partial charge in [-0.3, -0.25) is 0 Å². The zero-order valence-corrected chi connectivity index (χ0v) is 9.62. The summed E-state index contributed by atoms with van der Waals surface area (Å²) >= 11 is 4.45. The average molecular weight is 214 g/mol. The van der Waals surface area contributed by atoms with Gasteiger partial charge in [-0.15, -0.1) is 0 Å². The Kier molecular flexibility index (Phi) is 3.12. The Morgan fingerprint density at radius 3 is 2.20 bits per heavy atom. The molecule has 0 saturated carbocycles. The fourth-order valence-electron chi connectivity index (χ4n) is 1.61. The molecule has 0 nitrogen and oxygen atoms in total. The zero-order chi connectivity index (χ0) is 10.7. The first-order valence-corrected chi connectivity index (χ1v) is 5.62. The van der Waals surface area contributed by atoms with Gasteiger partial charge in [-0.25, -0.2) is 0 Å². The summed E-state index contributed by atoms with van der Waals surface area (Å²) in [5.41, 5.74) is 3.78. The quantitative estimate of drug-likeness (QED) is 0.706. The van der Waals surface area contributed by atoms with Crippen molar-refractivity contribution in [2.45, 2.75) is 12.2 Å². The van der Waals surface area contributed by atoms with Crippen LogP contribution in [0.3, 0.4) is 0 Å². The maximum atomic E-state index is 4.45. The molecular weight excluding hydrogens is 200 g/mol. The molecule has 76 valence electrons. The van der Waals surface area contributed by atoms with Gasteiger partial charge >= 0.3 is 0 Å². The molecule has 0 amide bonds. The standard InChI is InChI=1S/C14H14S/c1-11(15)13-8-5-9-14(10-13)12-6-3-2-4-7-12/h2-11,15H,1H3. The molecule has 15 heavy (non-hydrogen) atoms. The van der Waals surface area contributed by atoms with Crippen LogP contribution in [0.5, 0.6) is 0 Å². The zero-order valence-electron chi connectivity index (χ0n) is 8.72. The van der Waals surface area contributed by atoms with Gasteiger partial charge in [0.25, 0.3) is 0 Å². The lowest BCUT2D eigenvalue weighted by Crippen LogP contribution is -1.85. The smallest absolute Gasteiger partial charge is 0.0239 e. The summed E-state index contributed by atoms with van der Waals surface area (Å²) in [4.78, 5) is 0. The van der Waals surface area contributed by atoms with Gasteiger partial charge in [0.05, 0.1) is 0 Å². The third-order valence-electron chi connectivity index (χ3n) is 2.48. The van der Waals surface area contributed by atoms with E-state index >= 15 is 0 Å². The first-order valence-electron chi connectivity index (χ1n) is 5.11. The number of rotatable bonds is 2. The minimum absolute atomic E-state index is 0.286. The Hall–Kier alpha value is -1.21. The van der Waals surface area contributed by atoms with Crippen molar-refractivity contribution in [3.63, 3.8) is 0 Å². The van der Waals surface area contributed by atoms with Crippen LogP contribution in [-0.2, 0) is 0 Å². The van der Waals surface area contributed by atoms with Crippen molar-refractivity contribution in [1.29, 1.82) is 0 Å². The van der Waals surface area contributed by atoms with E-state index in [0.717, 1.165) is 0 Å². The monoisotopic (exact) mass is 214 g/mol. The van der Waals surface area contributed by atoms with E-state index < -0.39 is 0 Å². The van der Waals surface area contributed by atoms with E-state index in [1.807, 2.05) is 6.07 Å². The molecule has 0 aromatic heterocycles. The van der Waals surface area contributed by atoms with Crippen LogP contribution in [0, 0.1) is 0 Å². The van der Waals surface area contributed by atoms with Crippen LogP contribution in [0.2, 0.25) is 0 Å². The molecule has 0 radical (unpaired) electrons. The van der Waals surface area contributed by atoms with Crippen LogP contribution >= 0.6 is 12.6 Å². The van der Waals surface area contributed by atoms with Crippen molar-refractivity contribution in [2.24, 2.45) is 0 Å². The number of benzene rings is 2. The molecule has 0 aliphatic carbocycles. The summed E-state index contributed by atoms with van der Waals surface area (Å²) in [7, 11) is 0. The third-order valence-corrected chi connectivity index (χ3v) is 2.77. The molecule has 0 spiro atoms. The van der Waals surface area contributed by atoms with Crippen molar-refractivity contribution >= 4 is 12.6 Å². The topological polar surface area (TPSA) is 0 Å². The molecule has 0 aliphatic heterocycles. The van der Waals surface area contributed by atoms with Gasteiger partial charge in [-0.05, 0) is 23.6 Å². The maximum absolute atomic E-state index is 4.45. The number of hydrogen-bond donors (Lipinski definition) is 1. The second-order valence-corrected chi connectivity index (χ2v) is 4.44. The van der Waals surface area contributed by atoms with Gasteiger partial charge in [0.15, 0.2) is 0 Å². The lowest BCUT2D eigenvalue weighted by atomic mass is 10.0. The highest BCUT2D eigenvalue weighted by atomic mass is 32.1. The Bertz CT molecular complexity index is 432. The second-order valence-electron chi connectivity index (χ2n) is 3.67. The van der Waals surface area contributed by atoms with E-state index in [1.165, 1.54) is 16.7 Å². The fraction of sp³-hybridized carbons (Fsp3) is 0.143. The van der Waals surface area contributed by atoms with Crippen molar-refractivity contribution in [3.8, 4) is 11.1 Å². The highest BCUT2D eigenvalue weighted by molar-refractivity contribution is 7.80. The van der Waals surface area contributed by atoms with E-state index in [9.17, 15) is 0 Å². The first kappa shape index (κ1) is 10.3. The molecule has 1 atom stereocenters. The van der Waals surface area contributed by atoms with Crippen LogP contribution in [0.25, 0.3) is 11.1 Å². The largest absolute Gasteiger partial charge is 0.171 e. The molecule has 1 heteroatoms. The van der Waals surface area contributed by atoms with Gasteiger partial charge in [0.1, 0.15) is 0 Å². The van der Waals surface area contributed by atoms with Crippen molar-refractivity contribution in [3.05, 3.63) is 60.2 Å². The normalized spacial score (nSPS) is 12.4. The van der Waals surface area contributed by atoms with Gasteiger partial charge in [0, 0.05) is 5.25 Å². The van der Waals surface area contributed by atoms with Crippen molar-refractivity contribution in [2.75, 3.05) is 0 Å². The summed E-state index contributed by atoms with van der Waals surface area (Å²) in [6.07, 6.45) is 0. The highest BCUT2D eigenvalue weighted by Crippen LogP contribution is 2.25. The van der Waals surface area contributed by atoms with Crippen molar-refractivity contribution in [1.82, 2.24) is 0 Å². The molecule has 2 aromatic carbocycles. The van der Waals surface area contributed by atoms with Crippen LogP contribution in [-0.4, -0.2) is 0 Å². The van der Waals surface area contributed by atoms with Gasteiger partial charge in [-0.1, -0.05) is 54.6 Å². The fourth-order valence-corrected chi connectivity index (χ4v) is 1.77. The summed E-state index contributed by atoms with van der Waals surface area (Å²) in [6, 6.07) is 19.0. The summed E-state index contributed by atoms with van der Waals surface area (Å²) in [5, 5.41) is 0.286. The Morgan fingerprint density at radius 2 is 1.53 bits per heavy atom.